The van der Waals surface area contributed by atoms with E-state index in [1.807, 2.05) is 0 Å². The van der Waals surface area contributed by atoms with E-state index in [-0.39, 0.29) is 16.6 Å². The van der Waals surface area contributed by atoms with E-state index < -0.39 is 23.8 Å². The van der Waals surface area contributed by atoms with Crippen molar-refractivity contribution < 1.29 is 17.9 Å². The first-order valence-electron chi connectivity index (χ1n) is 10.1. The van der Waals surface area contributed by atoms with Crippen LogP contribution in [-0.2, 0) is 0 Å². The molecule has 0 bridgehead atoms. The predicted molar refractivity (Wildman–Crippen MR) is 123 cm³/mol. The largest absolute Gasteiger partial charge is 0.452 e. The lowest BCUT2D eigenvalue weighted by molar-refractivity contribution is 0.404. The van der Waals surface area contributed by atoms with Gasteiger partial charge in [0.1, 0.15) is 5.75 Å². The number of nitrogens with two attached hydrogens (primary N) is 1. The van der Waals surface area contributed by atoms with Gasteiger partial charge in [0.25, 0.3) is 5.95 Å². The van der Waals surface area contributed by atoms with Gasteiger partial charge in [-0.1, -0.05) is 17.8 Å². The molecule has 5 rings (SSSR count). The molecular weight excluding hydrogens is 463 g/mol. The first-order chi connectivity index (χ1) is 16.4. The van der Waals surface area contributed by atoms with E-state index in [1.54, 1.807) is 36.4 Å². The van der Waals surface area contributed by atoms with Crippen LogP contribution in [0.4, 0.5) is 13.2 Å². The van der Waals surface area contributed by atoms with Gasteiger partial charge in [-0.05, 0) is 42.0 Å². The fraction of sp³-hybridized carbons (Fsp3) is 0.0833. The average molecular weight is 479 g/mol. The number of pyridine rings is 3. The van der Waals surface area contributed by atoms with E-state index in [0.29, 0.717) is 39.3 Å². The van der Waals surface area contributed by atoms with Crippen LogP contribution in [0.15, 0.2) is 60.9 Å². The maximum Gasteiger partial charge on any atom is 0.256 e. The monoisotopic (exact) mass is 479 g/mol. The summed E-state index contributed by atoms with van der Waals surface area (Å²) in [5.41, 5.74) is 8.14. The summed E-state index contributed by atoms with van der Waals surface area (Å²) in [6.07, 6.45) is 2.63. The minimum Gasteiger partial charge on any atom is -0.452 e. The van der Waals surface area contributed by atoms with Crippen LogP contribution >= 0.6 is 11.8 Å². The van der Waals surface area contributed by atoms with Crippen molar-refractivity contribution in [2.45, 2.75) is 5.92 Å². The molecule has 0 radical (unpaired) electrons. The number of thioether (sulfide) groups is 1. The van der Waals surface area contributed by atoms with Gasteiger partial charge in [0.2, 0.25) is 11.9 Å². The molecule has 0 saturated carbocycles. The Morgan fingerprint density at radius 3 is 2.59 bits per heavy atom. The molecular formula is C24H16F3N5OS. The van der Waals surface area contributed by atoms with Crippen molar-refractivity contribution in [2.75, 3.05) is 5.75 Å². The maximum atomic E-state index is 15.1. The number of nitrogens with one attached hydrogen (secondary N) is 1. The second-order valence-electron chi connectivity index (χ2n) is 7.51. The predicted octanol–water partition coefficient (Wildman–Crippen LogP) is 5.49. The fourth-order valence-corrected chi connectivity index (χ4v) is 4.61. The van der Waals surface area contributed by atoms with Crippen LogP contribution in [-0.4, -0.2) is 25.9 Å². The molecule has 170 valence electrons. The van der Waals surface area contributed by atoms with E-state index >= 15 is 4.39 Å². The number of hydrogen-bond donors (Lipinski definition) is 2. The molecule has 1 atom stereocenters. The zero-order valence-electron chi connectivity index (χ0n) is 17.4. The van der Waals surface area contributed by atoms with Gasteiger partial charge in [-0.2, -0.15) is 13.2 Å². The smallest absolute Gasteiger partial charge is 0.256 e. The fourth-order valence-electron chi connectivity index (χ4n) is 3.90. The standard InChI is InChI=1S/C24H16F3N5OS/c25-20-9-13(5-7-30-20)18-10-16-17(11-34-24(28)29)15-8-12(14-2-1-6-31-22(14)26)3-4-19(15)33-21(16)23(27)32-18/h1-10,17H,11H2,(H3,28,29). The Balaban J connectivity index is 1.66. The van der Waals surface area contributed by atoms with Crippen LogP contribution in [0.3, 0.4) is 0 Å². The van der Waals surface area contributed by atoms with Crippen molar-refractivity contribution >= 4 is 16.9 Å². The molecule has 1 unspecified atom stereocenters. The summed E-state index contributed by atoms with van der Waals surface area (Å²) in [5, 5.41) is 7.54. The van der Waals surface area contributed by atoms with E-state index in [2.05, 4.69) is 15.0 Å². The molecule has 1 aliphatic heterocycles. The zero-order valence-corrected chi connectivity index (χ0v) is 18.2. The Kier molecular flexibility index (Phi) is 5.66. The van der Waals surface area contributed by atoms with Crippen molar-refractivity contribution in [3.63, 3.8) is 0 Å². The van der Waals surface area contributed by atoms with Gasteiger partial charge >= 0.3 is 0 Å². The molecule has 34 heavy (non-hydrogen) atoms. The topological polar surface area (TPSA) is 97.8 Å². The molecule has 0 spiro atoms. The highest BCUT2D eigenvalue weighted by atomic mass is 32.2. The number of hydrogen-bond acceptors (Lipinski definition) is 6. The van der Waals surface area contributed by atoms with E-state index in [1.165, 1.54) is 18.5 Å². The van der Waals surface area contributed by atoms with Crippen molar-refractivity contribution in [3.8, 4) is 33.9 Å². The number of amidine groups is 1. The third-order valence-corrected chi connectivity index (χ3v) is 6.24. The number of ether oxygens (including phenoxy) is 1. The number of benzene rings is 1. The van der Waals surface area contributed by atoms with E-state index in [0.717, 1.165) is 17.8 Å². The molecule has 3 N–H and O–H groups in total. The first-order valence-corrected chi connectivity index (χ1v) is 11.1. The quantitative estimate of drug-likeness (QED) is 0.228. The molecule has 4 aromatic rings. The number of aromatic nitrogens is 3. The molecule has 3 aromatic heterocycles. The van der Waals surface area contributed by atoms with Gasteiger partial charge in [-0.3, -0.25) is 5.41 Å². The Bertz CT molecular complexity index is 1430. The summed E-state index contributed by atoms with van der Waals surface area (Å²) < 4.78 is 49.0. The lowest BCUT2D eigenvalue weighted by Gasteiger charge is -2.29. The van der Waals surface area contributed by atoms with Crippen molar-refractivity contribution in [3.05, 3.63) is 89.9 Å². The lowest BCUT2D eigenvalue weighted by atomic mass is 9.87. The van der Waals surface area contributed by atoms with Gasteiger partial charge in [0.05, 0.1) is 5.69 Å². The molecule has 1 aromatic carbocycles. The first kappa shape index (κ1) is 21.9. The number of nitrogens with zero attached hydrogens (tertiary/aromatic N) is 3. The Hall–Kier alpha value is -3.92. The lowest BCUT2D eigenvalue weighted by Crippen LogP contribution is -2.17. The molecule has 6 nitrogen and oxygen atoms in total. The molecule has 0 fully saturated rings. The van der Waals surface area contributed by atoms with Gasteiger partial charge < -0.3 is 10.5 Å². The highest BCUT2D eigenvalue weighted by Gasteiger charge is 2.32. The Morgan fingerprint density at radius 1 is 0.971 bits per heavy atom. The number of fused-ring (bicyclic) bond motifs is 2. The molecule has 0 saturated heterocycles. The van der Waals surface area contributed by atoms with Crippen LogP contribution in [0.5, 0.6) is 11.5 Å². The second-order valence-corrected chi connectivity index (χ2v) is 8.57. The summed E-state index contributed by atoms with van der Waals surface area (Å²) >= 11 is 1.09. The number of halogens is 3. The summed E-state index contributed by atoms with van der Waals surface area (Å²) in [7, 11) is 0. The second kappa shape index (κ2) is 8.79. The highest BCUT2D eigenvalue weighted by Crippen LogP contribution is 2.48. The van der Waals surface area contributed by atoms with Crippen LogP contribution in [0, 0.1) is 23.3 Å². The minimum absolute atomic E-state index is 0.0553. The molecule has 0 aliphatic carbocycles. The summed E-state index contributed by atoms with van der Waals surface area (Å²) in [6, 6.07) is 12.6. The average Bonchev–Trinajstić information content (AvgIpc) is 2.82. The van der Waals surface area contributed by atoms with E-state index in [9.17, 15) is 8.78 Å². The molecule has 1 aliphatic rings. The zero-order chi connectivity index (χ0) is 23.8. The molecule has 10 heteroatoms. The van der Waals surface area contributed by atoms with E-state index in [4.69, 9.17) is 15.9 Å². The third kappa shape index (κ3) is 4.08. The van der Waals surface area contributed by atoms with Gasteiger partial charge in [0, 0.05) is 52.4 Å². The normalized spacial score (nSPS) is 14.1. The Morgan fingerprint density at radius 2 is 1.82 bits per heavy atom. The van der Waals surface area contributed by atoms with Crippen LogP contribution in [0.1, 0.15) is 17.0 Å². The summed E-state index contributed by atoms with van der Waals surface area (Å²) in [5.74, 6) is -2.02. The Labute approximate surface area is 196 Å². The third-order valence-electron chi connectivity index (χ3n) is 5.43. The molecule has 0 amide bonds. The summed E-state index contributed by atoms with van der Waals surface area (Å²) in [4.78, 5) is 11.2. The van der Waals surface area contributed by atoms with Crippen molar-refractivity contribution in [1.82, 2.24) is 15.0 Å². The van der Waals surface area contributed by atoms with Crippen LogP contribution in [0.2, 0.25) is 0 Å². The minimum atomic E-state index is -0.851. The van der Waals surface area contributed by atoms with Crippen molar-refractivity contribution in [2.24, 2.45) is 5.73 Å². The SMILES string of the molecule is N=C(N)SCC1c2cc(-c3cccnc3F)ccc2Oc2c1cc(-c1ccnc(F)c1)nc2F. The van der Waals surface area contributed by atoms with Gasteiger partial charge in [0.15, 0.2) is 10.9 Å². The van der Waals surface area contributed by atoms with Crippen molar-refractivity contribution in [1.29, 1.82) is 5.41 Å². The maximum absolute atomic E-state index is 15.1. The van der Waals surface area contributed by atoms with Gasteiger partial charge in [-0.25, -0.2) is 15.0 Å². The van der Waals surface area contributed by atoms with Crippen LogP contribution < -0.4 is 10.5 Å². The number of rotatable bonds is 4. The summed E-state index contributed by atoms with van der Waals surface area (Å²) in [6.45, 7) is 0. The molecule has 4 heterocycles. The van der Waals surface area contributed by atoms with Gasteiger partial charge in [-0.15, -0.1) is 0 Å². The van der Waals surface area contributed by atoms with Crippen LogP contribution in [0.25, 0.3) is 22.4 Å². The highest BCUT2D eigenvalue weighted by molar-refractivity contribution is 8.13.